The number of aryl methyl sites for hydroxylation is 1. The molecule has 2 rings (SSSR count). The third-order valence-corrected chi connectivity index (χ3v) is 5.06. The van der Waals surface area contributed by atoms with Crippen molar-refractivity contribution in [2.75, 3.05) is 18.5 Å². The van der Waals surface area contributed by atoms with Gasteiger partial charge in [0.1, 0.15) is 5.00 Å². The first-order valence-electron chi connectivity index (χ1n) is 6.97. The highest BCUT2D eigenvalue weighted by atomic mass is 32.1. The van der Waals surface area contributed by atoms with Gasteiger partial charge in [-0.25, -0.2) is 9.59 Å². The van der Waals surface area contributed by atoms with E-state index in [0.29, 0.717) is 10.6 Å². The molecule has 0 bridgehead atoms. The first-order valence-corrected chi connectivity index (χ1v) is 7.79. The van der Waals surface area contributed by atoms with Crippen LogP contribution in [0, 0.1) is 13.8 Å². The number of carbonyl (C=O) groups is 2. The van der Waals surface area contributed by atoms with Gasteiger partial charge in [0.2, 0.25) is 0 Å². The standard InChI is InChI=1S/C14H20N2O4S/c1-8-9(2)21-12(11(8)13(18)19)15-14(20)16(6-7-17)10-4-3-5-10/h10,17H,3-7H2,1-2H3,(H,15,20)(H,18,19). The van der Waals surface area contributed by atoms with Crippen LogP contribution in [0.25, 0.3) is 0 Å². The molecule has 1 saturated carbocycles. The molecule has 1 aliphatic carbocycles. The highest BCUT2D eigenvalue weighted by Gasteiger charge is 2.30. The molecule has 0 radical (unpaired) electrons. The topological polar surface area (TPSA) is 89.9 Å². The third-order valence-electron chi connectivity index (χ3n) is 3.94. The number of anilines is 1. The van der Waals surface area contributed by atoms with Crippen molar-refractivity contribution in [3.63, 3.8) is 0 Å². The van der Waals surface area contributed by atoms with Gasteiger partial charge < -0.3 is 15.1 Å². The van der Waals surface area contributed by atoms with E-state index in [1.165, 1.54) is 11.3 Å². The van der Waals surface area contributed by atoms with Crippen LogP contribution in [0.15, 0.2) is 0 Å². The molecule has 3 N–H and O–H groups in total. The molecule has 0 aromatic carbocycles. The van der Waals surface area contributed by atoms with Crippen LogP contribution in [0.1, 0.15) is 40.1 Å². The monoisotopic (exact) mass is 312 g/mol. The van der Waals surface area contributed by atoms with Crippen LogP contribution in [-0.2, 0) is 0 Å². The molecule has 0 aliphatic heterocycles. The fourth-order valence-electron chi connectivity index (χ4n) is 2.40. The lowest BCUT2D eigenvalue weighted by molar-refractivity contribution is 0.0697. The Morgan fingerprint density at radius 3 is 2.52 bits per heavy atom. The molecule has 0 atom stereocenters. The summed E-state index contributed by atoms with van der Waals surface area (Å²) in [7, 11) is 0. The van der Waals surface area contributed by atoms with E-state index >= 15 is 0 Å². The van der Waals surface area contributed by atoms with Crippen molar-refractivity contribution in [2.24, 2.45) is 0 Å². The van der Waals surface area contributed by atoms with Crippen molar-refractivity contribution in [1.82, 2.24) is 4.90 Å². The van der Waals surface area contributed by atoms with Crippen molar-refractivity contribution >= 4 is 28.3 Å². The van der Waals surface area contributed by atoms with Gasteiger partial charge >= 0.3 is 12.0 Å². The van der Waals surface area contributed by atoms with Crippen molar-refractivity contribution < 1.29 is 19.8 Å². The summed E-state index contributed by atoms with van der Waals surface area (Å²) in [5.41, 5.74) is 0.837. The lowest BCUT2D eigenvalue weighted by Crippen LogP contribution is -2.47. The third kappa shape index (κ3) is 3.19. The average Bonchev–Trinajstić information content (AvgIpc) is 2.62. The van der Waals surface area contributed by atoms with E-state index in [1.54, 1.807) is 11.8 Å². The number of carbonyl (C=O) groups excluding carboxylic acids is 1. The Hall–Kier alpha value is -1.60. The molecule has 116 valence electrons. The van der Waals surface area contributed by atoms with Gasteiger partial charge in [-0.2, -0.15) is 0 Å². The van der Waals surface area contributed by atoms with E-state index in [2.05, 4.69) is 5.32 Å². The second-order valence-corrected chi connectivity index (χ2v) is 6.45. The number of aliphatic hydroxyl groups is 1. The minimum absolute atomic E-state index is 0.0990. The van der Waals surface area contributed by atoms with E-state index < -0.39 is 5.97 Å². The summed E-state index contributed by atoms with van der Waals surface area (Å²) >= 11 is 1.27. The van der Waals surface area contributed by atoms with Gasteiger partial charge in [-0.1, -0.05) is 0 Å². The van der Waals surface area contributed by atoms with Gasteiger partial charge in [-0.15, -0.1) is 11.3 Å². The molecule has 21 heavy (non-hydrogen) atoms. The number of hydrogen-bond donors (Lipinski definition) is 3. The Morgan fingerprint density at radius 2 is 2.05 bits per heavy atom. The van der Waals surface area contributed by atoms with E-state index in [4.69, 9.17) is 5.11 Å². The predicted octanol–water partition coefficient (Wildman–Crippen LogP) is 2.44. The van der Waals surface area contributed by atoms with Crippen LogP contribution in [0.3, 0.4) is 0 Å². The zero-order valence-corrected chi connectivity index (χ0v) is 13.0. The largest absolute Gasteiger partial charge is 0.478 e. The van der Waals surface area contributed by atoms with Gasteiger partial charge in [-0.05, 0) is 38.7 Å². The SMILES string of the molecule is Cc1sc(NC(=O)N(CCO)C2CCC2)c(C(=O)O)c1C. The summed E-state index contributed by atoms with van der Waals surface area (Å²) in [6, 6.07) is -0.190. The number of aromatic carboxylic acids is 1. The average molecular weight is 312 g/mol. The van der Waals surface area contributed by atoms with Crippen LogP contribution in [0.5, 0.6) is 0 Å². The smallest absolute Gasteiger partial charge is 0.338 e. The van der Waals surface area contributed by atoms with E-state index in [9.17, 15) is 14.7 Å². The maximum absolute atomic E-state index is 12.3. The van der Waals surface area contributed by atoms with Crippen molar-refractivity contribution in [3.05, 3.63) is 16.0 Å². The number of nitrogens with one attached hydrogen (secondary N) is 1. The molecule has 1 aromatic rings. The number of rotatable bonds is 5. The number of nitrogens with zero attached hydrogens (tertiary/aromatic N) is 1. The Balaban J connectivity index is 2.18. The van der Waals surface area contributed by atoms with E-state index in [0.717, 1.165) is 24.1 Å². The fourth-order valence-corrected chi connectivity index (χ4v) is 3.44. The summed E-state index contributed by atoms with van der Waals surface area (Å²) in [5, 5.41) is 21.4. The second kappa shape index (κ2) is 6.44. The summed E-state index contributed by atoms with van der Waals surface area (Å²) in [6.07, 6.45) is 2.95. The molecule has 1 heterocycles. The Kier molecular flexibility index (Phi) is 4.84. The quantitative estimate of drug-likeness (QED) is 0.779. The second-order valence-electron chi connectivity index (χ2n) is 5.22. The van der Waals surface area contributed by atoms with Gasteiger partial charge in [0, 0.05) is 17.5 Å². The summed E-state index contributed by atoms with van der Waals surface area (Å²) in [6.45, 7) is 3.74. The molecule has 1 fully saturated rings. The zero-order valence-electron chi connectivity index (χ0n) is 12.2. The van der Waals surface area contributed by atoms with Gasteiger partial charge in [0.15, 0.2) is 0 Å². The fraction of sp³-hybridized carbons (Fsp3) is 0.571. The van der Waals surface area contributed by atoms with Crippen molar-refractivity contribution in [2.45, 2.75) is 39.2 Å². The number of aliphatic hydroxyl groups excluding tert-OH is 1. The molecule has 0 unspecified atom stereocenters. The number of carboxylic acids is 1. The van der Waals surface area contributed by atoms with Crippen LogP contribution >= 0.6 is 11.3 Å². The number of amides is 2. The Labute approximate surface area is 127 Å². The number of urea groups is 1. The first-order chi connectivity index (χ1) is 9.95. The van der Waals surface area contributed by atoms with Gasteiger partial charge in [-0.3, -0.25) is 5.32 Å². The molecular weight excluding hydrogens is 292 g/mol. The van der Waals surface area contributed by atoms with Crippen LogP contribution in [0.2, 0.25) is 0 Å². The number of carboxylic acid groups (broad SMARTS) is 1. The lowest BCUT2D eigenvalue weighted by atomic mass is 9.92. The van der Waals surface area contributed by atoms with Crippen LogP contribution < -0.4 is 5.32 Å². The molecule has 2 amide bonds. The van der Waals surface area contributed by atoms with Crippen molar-refractivity contribution in [3.8, 4) is 0 Å². The van der Waals surface area contributed by atoms with Crippen LogP contribution in [-0.4, -0.2) is 46.3 Å². The Morgan fingerprint density at radius 1 is 1.38 bits per heavy atom. The molecule has 1 aromatic heterocycles. The minimum atomic E-state index is -1.04. The zero-order chi connectivity index (χ0) is 15.6. The van der Waals surface area contributed by atoms with E-state index in [1.807, 2.05) is 6.92 Å². The molecule has 0 spiro atoms. The number of hydrogen-bond acceptors (Lipinski definition) is 4. The molecule has 6 nitrogen and oxygen atoms in total. The first kappa shape index (κ1) is 15.8. The molecule has 0 saturated heterocycles. The van der Waals surface area contributed by atoms with E-state index in [-0.39, 0.29) is 30.8 Å². The van der Waals surface area contributed by atoms with Crippen LogP contribution in [0.4, 0.5) is 9.80 Å². The predicted molar refractivity (Wildman–Crippen MR) is 81.2 cm³/mol. The highest BCUT2D eigenvalue weighted by molar-refractivity contribution is 7.16. The van der Waals surface area contributed by atoms with Crippen molar-refractivity contribution in [1.29, 1.82) is 0 Å². The Bertz CT molecular complexity index is 551. The molecule has 7 heteroatoms. The maximum Gasteiger partial charge on any atom is 0.338 e. The molecular formula is C14H20N2O4S. The lowest BCUT2D eigenvalue weighted by Gasteiger charge is -2.37. The summed E-state index contributed by atoms with van der Waals surface area (Å²) in [5.74, 6) is -1.04. The summed E-state index contributed by atoms with van der Waals surface area (Å²) in [4.78, 5) is 26.2. The normalized spacial score (nSPS) is 14.6. The summed E-state index contributed by atoms with van der Waals surface area (Å²) < 4.78 is 0. The molecule has 1 aliphatic rings. The minimum Gasteiger partial charge on any atom is -0.478 e. The number of thiophene rings is 1. The van der Waals surface area contributed by atoms with Gasteiger partial charge in [0.05, 0.1) is 12.2 Å². The maximum atomic E-state index is 12.3. The van der Waals surface area contributed by atoms with Gasteiger partial charge in [0.25, 0.3) is 0 Å². The highest BCUT2D eigenvalue weighted by Crippen LogP contribution is 2.33.